The number of carbonyl (C=O) groups is 1. The molecule has 2 heterocycles. The molecule has 1 aromatic heterocycles. The minimum atomic E-state index is -0.865. The molecule has 226 valence electrons. The lowest BCUT2D eigenvalue weighted by Crippen LogP contribution is -2.28. The zero-order chi connectivity index (χ0) is 29.0. The van der Waals surface area contributed by atoms with Gasteiger partial charge < -0.3 is 31.7 Å². The summed E-state index contributed by atoms with van der Waals surface area (Å²) in [4.78, 5) is 28.1. The van der Waals surface area contributed by atoms with Crippen LogP contribution < -0.4 is 22.5 Å². The van der Waals surface area contributed by atoms with E-state index in [1.165, 1.54) is 75.0 Å². The molecule has 3 atom stereocenters. The first-order valence-corrected chi connectivity index (χ1v) is 15.2. The van der Waals surface area contributed by atoms with E-state index in [1.807, 2.05) is 0 Å². The summed E-state index contributed by atoms with van der Waals surface area (Å²) in [5, 5.41) is 22.2. The number of hydrogen-bond acceptors (Lipinski definition) is 8. The third-order valence-electron chi connectivity index (χ3n) is 7.31. The van der Waals surface area contributed by atoms with E-state index in [4.69, 9.17) is 16.2 Å². The van der Waals surface area contributed by atoms with Gasteiger partial charge in [0.2, 0.25) is 5.91 Å². The maximum absolute atomic E-state index is 12.2. The standard InChI is InChI=1S/C30H51N5O5/c31-19-15-11-9-7-5-3-1-2-4-6-8-10-14-18-27(38)33-20-16-12-13-17-24-22-35(30(39)34-29(24)32)28-21-25(37)26(23-36)40-28/h22,25-26,28,36-37H,1-12,14-16,18-21,23,31H2,(H,33,38)(H2,32,34,39)/t25-,26+,28+/m0/s1. The minimum Gasteiger partial charge on any atom is -0.394 e. The Bertz CT molecular complexity index is 973. The number of nitrogens with one attached hydrogen (secondary N) is 1. The molecule has 1 aliphatic rings. The van der Waals surface area contributed by atoms with Gasteiger partial charge in [-0.3, -0.25) is 9.36 Å². The summed E-state index contributed by atoms with van der Waals surface area (Å²) >= 11 is 0. The average Bonchev–Trinajstić information content (AvgIpc) is 3.31. The molecule has 40 heavy (non-hydrogen) atoms. The number of amides is 1. The summed E-state index contributed by atoms with van der Waals surface area (Å²) in [5.74, 6) is 6.05. The summed E-state index contributed by atoms with van der Waals surface area (Å²) < 4.78 is 6.78. The lowest BCUT2D eigenvalue weighted by Gasteiger charge is -2.15. The van der Waals surface area contributed by atoms with Crippen LogP contribution in [0.4, 0.5) is 5.82 Å². The second-order valence-electron chi connectivity index (χ2n) is 10.7. The monoisotopic (exact) mass is 561 g/mol. The quantitative estimate of drug-likeness (QED) is 0.120. The molecule has 2 rings (SSSR count). The van der Waals surface area contributed by atoms with Crippen LogP contribution in [0.5, 0.6) is 0 Å². The van der Waals surface area contributed by atoms with Crippen molar-refractivity contribution in [2.24, 2.45) is 5.73 Å². The smallest absolute Gasteiger partial charge is 0.351 e. The number of hydrogen-bond donors (Lipinski definition) is 5. The lowest BCUT2D eigenvalue weighted by molar-refractivity contribution is -0.121. The van der Waals surface area contributed by atoms with Gasteiger partial charge in [-0.25, -0.2) is 4.79 Å². The van der Waals surface area contributed by atoms with E-state index in [0.717, 1.165) is 25.8 Å². The molecule has 7 N–H and O–H groups in total. The van der Waals surface area contributed by atoms with Gasteiger partial charge in [0.15, 0.2) is 0 Å². The summed E-state index contributed by atoms with van der Waals surface area (Å²) in [6, 6.07) is 0. The number of nitrogen functional groups attached to an aromatic ring is 1. The summed E-state index contributed by atoms with van der Waals surface area (Å²) in [6.07, 6.45) is 17.4. The second kappa shape index (κ2) is 20.4. The number of ether oxygens (including phenoxy) is 1. The maximum atomic E-state index is 12.2. The molecule has 1 amide bonds. The van der Waals surface area contributed by atoms with Gasteiger partial charge in [-0.1, -0.05) is 82.5 Å². The van der Waals surface area contributed by atoms with E-state index in [2.05, 4.69) is 22.1 Å². The number of aliphatic hydroxyl groups excluding tert-OH is 2. The highest BCUT2D eigenvalue weighted by molar-refractivity contribution is 5.75. The van der Waals surface area contributed by atoms with E-state index in [9.17, 15) is 19.8 Å². The molecule has 0 bridgehead atoms. The van der Waals surface area contributed by atoms with Crippen LogP contribution in [-0.4, -0.2) is 57.6 Å². The number of carbonyl (C=O) groups excluding carboxylic acids is 1. The first-order chi connectivity index (χ1) is 19.5. The fourth-order valence-corrected chi connectivity index (χ4v) is 4.86. The lowest BCUT2D eigenvalue weighted by atomic mass is 10.0. The molecule has 1 aromatic rings. The Hall–Kier alpha value is -2.45. The van der Waals surface area contributed by atoms with Crippen LogP contribution in [0.1, 0.15) is 121 Å². The van der Waals surface area contributed by atoms with Crippen LogP contribution >= 0.6 is 0 Å². The third-order valence-corrected chi connectivity index (χ3v) is 7.31. The zero-order valence-corrected chi connectivity index (χ0v) is 24.1. The second-order valence-corrected chi connectivity index (χ2v) is 10.7. The van der Waals surface area contributed by atoms with E-state index in [1.54, 1.807) is 0 Å². The van der Waals surface area contributed by atoms with Crippen molar-refractivity contribution in [2.45, 2.75) is 128 Å². The van der Waals surface area contributed by atoms with Crippen molar-refractivity contribution >= 4 is 11.7 Å². The Kier molecular flexibility index (Phi) is 17.2. The Morgan fingerprint density at radius 1 is 1.02 bits per heavy atom. The van der Waals surface area contributed by atoms with Gasteiger partial charge in [-0.05, 0) is 25.8 Å². The Morgan fingerprint density at radius 2 is 1.62 bits per heavy atom. The zero-order valence-electron chi connectivity index (χ0n) is 24.1. The molecular formula is C30H51N5O5. The van der Waals surface area contributed by atoms with Crippen LogP contribution in [0, 0.1) is 11.8 Å². The summed E-state index contributed by atoms with van der Waals surface area (Å²) in [7, 11) is 0. The fraction of sp³-hybridized carbons (Fsp3) is 0.767. The van der Waals surface area contributed by atoms with Crippen LogP contribution in [0.2, 0.25) is 0 Å². The normalized spacial score (nSPS) is 18.4. The molecule has 0 radical (unpaired) electrons. The highest BCUT2D eigenvalue weighted by Gasteiger charge is 2.35. The predicted octanol–water partition coefficient (Wildman–Crippen LogP) is 3.13. The van der Waals surface area contributed by atoms with Crippen molar-refractivity contribution in [3.63, 3.8) is 0 Å². The van der Waals surface area contributed by atoms with Crippen molar-refractivity contribution in [1.29, 1.82) is 0 Å². The number of rotatable bonds is 20. The number of nitrogens with zero attached hydrogens (tertiary/aromatic N) is 2. The topological polar surface area (TPSA) is 166 Å². The number of aromatic nitrogens is 2. The van der Waals surface area contributed by atoms with Crippen molar-refractivity contribution in [1.82, 2.24) is 14.9 Å². The maximum Gasteiger partial charge on any atom is 0.351 e. The highest BCUT2D eigenvalue weighted by Crippen LogP contribution is 2.27. The van der Waals surface area contributed by atoms with E-state index in [0.29, 0.717) is 31.4 Å². The van der Waals surface area contributed by atoms with E-state index in [-0.39, 0.29) is 24.8 Å². The van der Waals surface area contributed by atoms with Gasteiger partial charge in [0.1, 0.15) is 18.1 Å². The van der Waals surface area contributed by atoms with Crippen molar-refractivity contribution < 1.29 is 19.7 Å². The number of nitrogens with two attached hydrogens (primary N) is 2. The SMILES string of the molecule is NCCCCCCCCCCCCCCCC(=O)NCCCC#Cc1cn([C@H]2C[C@H](O)[C@@H](CO)O2)c(=O)nc1N. The molecule has 10 heteroatoms. The number of unbranched alkanes of at least 4 members (excludes halogenated alkanes) is 13. The molecule has 10 nitrogen and oxygen atoms in total. The Morgan fingerprint density at radius 3 is 2.20 bits per heavy atom. The first-order valence-electron chi connectivity index (χ1n) is 15.2. The average molecular weight is 562 g/mol. The molecule has 1 saturated heterocycles. The third kappa shape index (κ3) is 13.3. The minimum absolute atomic E-state index is 0.0315. The van der Waals surface area contributed by atoms with Gasteiger partial charge >= 0.3 is 5.69 Å². The van der Waals surface area contributed by atoms with Crippen LogP contribution in [-0.2, 0) is 9.53 Å². The van der Waals surface area contributed by atoms with E-state index < -0.39 is 24.1 Å². The highest BCUT2D eigenvalue weighted by atomic mass is 16.5. The van der Waals surface area contributed by atoms with Crippen LogP contribution in [0.3, 0.4) is 0 Å². The molecular weight excluding hydrogens is 510 g/mol. The summed E-state index contributed by atoms with van der Waals surface area (Å²) in [6.45, 7) is 1.04. The molecule has 1 fully saturated rings. The van der Waals surface area contributed by atoms with Crippen molar-refractivity contribution in [3.8, 4) is 11.8 Å². The van der Waals surface area contributed by atoms with Gasteiger partial charge in [0, 0.05) is 32.0 Å². The molecule has 0 aromatic carbocycles. The van der Waals surface area contributed by atoms with Gasteiger partial charge in [0.25, 0.3) is 0 Å². The predicted molar refractivity (Wildman–Crippen MR) is 157 cm³/mol. The van der Waals surface area contributed by atoms with Crippen LogP contribution in [0.15, 0.2) is 11.0 Å². The Labute approximate surface area is 239 Å². The molecule has 1 aliphatic heterocycles. The molecule has 0 aliphatic carbocycles. The number of anilines is 1. The van der Waals surface area contributed by atoms with Crippen LogP contribution in [0.25, 0.3) is 0 Å². The van der Waals surface area contributed by atoms with Crippen molar-refractivity contribution in [3.05, 3.63) is 22.2 Å². The van der Waals surface area contributed by atoms with Gasteiger partial charge in [-0.15, -0.1) is 0 Å². The summed E-state index contributed by atoms with van der Waals surface area (Å²) in [5.41, 5.74) is 11.2. The first kappa shape index (κ1) is 33.8. The molecule has 0 spiro atoms. The number of aliphatic hydroxyl groups is 2. The Balaban J connectivity index is 1.51. The fourth-order valence-electron chi connectivity index (χ4n) is 4.86. The largest absolute Gasteiger partial charge is 0.394 e. The van der Waals surface area contributed by atoms with E-state index >= 15 is 0 Å². The molecule has 0 saturated carbocycles. The van der Waals surface area contributed by atoms with Gasteiger partial charge in [0.05, 0.1) is 18.3 Å². The van der Waals surface area contributed by atoms with Gasteiger partial charge in [-0.2, -0.15) is 4.98 Å². The molecule has 0 unspecified atom stereocenters. The van der Waals surface area contributed by atoms with Crippen molar-refractivity contribution in [2.75, 3.05) is 25.4 Å².